The predicted octanol–water partition coefficient (Wildman–Crippen LogP) is 2.34. The van der Waals surface area contributed by atoms with Gasteiger partial charge < -0.3 is 5.01 Å². The number of allylic oxidation sites excluding steroid dienone is 1. The highest BCUT2D eigenvalue weighted by Gasteiger charge is 2.20. The van der Waals surface area contributed by atoms with Gasteiger partial charge in [-0.05, 0) is 31.6 Å². The molecule has 0 heterocycles. The van der Waals surface area contributed by atoms with E-state index in [9.17, 15) is 8.42 Å². The fraction of sp³-hybridized carbons (Fsp3) is 0.357. The maximum Gasteiger partial charge on any atom is 0.184 e. The summed E-state index contributed by atoms with van der Waals surface area (Å²) in [6.45, 7) is 3.51. The van der Waals surface area contributed by atoms with Crippen molar-refractivity contribution in [3.8, 4) is 0 Å². The van der Waals surface area contributed by atoms with Crippen molar-refractivity contribution in [2.45, 2.75) is 24.0 Å². The first-order valence-electron chi connectivity index (χ1n) is 6.02. The van der Waals surface area contributed by atoms with Crippen molar-refractivity contribution in [1.29, 1.82) is 0 Å². The van der Waals surface area contributed by atoms with Crippen molar-refractivity contribution in [3.63, 3.8) is 0 Å². The van der Waals surface area contributed by atoms with Crippen molar-refractivity contribution in [3.05, 3.63) is 42.0 Å². The number of sulfone groups is 1. The molecule has 0 radical (unpaired) electrons. The van der Waals surface area contributed by atoms with Crippen molar-refractivity contribution in [2.24, 2.45) is 5.10 Å². The van der Waals surface area contributed by atoms with Gasteiger partial charge in [0.15, 0.2) is 9.84 Å². The lowest BCUT2D eigenvalue weighted by molar-refractivity contribution is 0.440. The molecule has 1 rings (SSSR count). The van der Waals surface area contributed by atoms with E-state index >= 15 is 0 Å². The molecule has 0 amide bonds. The number of benzene rings is 1. The summed E-state index contributed by atoms with van der Waals surface area (Å²) in [6.07, 6.45) is 3.35. The average molecular weight is 280 g/mol. The molecule has 4 nitrogen and oxygen atoms in total. The van der Waals surface area contributed by atoms with Gasteiger partial charge >= 0.3 is 0 Å². The number of hydrogen-bond donors (Lipinski definition) is 0. The van der Waals surface area contributed by atoms with Gasteiger partial charge in [-0.2, -0.15) is 5.10 Å². The second kappa shape index (κ2) is 6.52. The standard InChI is InChI=1S/C14H20N2O2S/c1-12(11-15-16(3)4)10-13(2)19(17,18)14-8-6-5-7-9-14/h5-11,13H,1-4H3/b12-10+,15-11-/t13-/m0/s1. The first-order chi connectivity index (χ1) is 8.84. The van der Waals surface area contributed by atoms with Crippen LogP contribution in [0.3, 0.4) is 0 Å². The molecule has 1 aromatic carbocycles. The third-order valence-electron chi connectivity index (χ3n) is 2.55. The molecule has 104 valence electrons. The van der Waals surface area contributed by atoms with Crippen LogP contribution in [-0.2, 0) is 9.84 Å². The molecule has 19 heavy (non-hydrogen) atoms. The van der Waals surface area contributed by atoms with Gasteiger partial charge in [-0.1, -0.05) is 24.3 Å². The van der Waals surface area contributed by atoms with Gasteiger partial charge in [0.2, 0.25) is 0 Å². The number of nitrogens with zero attached hydrogens (tertiary/aromatic N) is 2. The molecular formula is C14H20N2O2S. The Hall–Kier alpha value is -1.62. The van der Waals surface area contributed by atoms with Crippen LogP contribution in [0.15, 0.2) is 52.0 Å². The first-order valence-corrected chi connectivity index (χ1v) is 7.57. The van der Waals surface area contributed by atoms with E-state index in [0.717, 1.165) is 5.57 Å². The maximum absolute atomic E-state index is 12.3. The summed E-state index contributed by atoms with van der Waals surface area (Å²) in [6, 6.07) is 8.48. The summed E-state index contributed by atoms with van der Waals surface area (Å²) in [5, 5.41) is 5.16. The number of hydrogen-bond acceptors (Lipinski definition) is 4. The number of rotatable bonds is 5. The zero-order valence-corrected chi connectivity index (χ0v) is 12.6. The Morgan fingerprint density at radius 2 is 1.84 bits per heavy atom. The molecule has 1 atom stereocenters. The molecule has 0 N–H and O–H groups in total. The molecule has 0 fully saturated rings. The molecule has 0 saturated heterocycles. The van der Waals surface area contributed by atoms with Crippen molar-refractivity contribution >= 4 is 16.1 Å². The van der Waals surface area contributed by atoms with Crippen LogP contribution in [0.1, 0.15) is 13.8 Å². The average Bonchev–Trinajstić information content (AvgIpc) is 2.37. The van der Waals surface area contributed by atoms with Crippen LogP contribution < -0.4 is 0 Å². The van der Waals surface area contributed by atoms with Crippen molar-refractivity contribution in [2.75, 3.05) is 14.1 Å². The minimum Gasteiger partial charge on any atom is -0.303 e. The Morgan fingerprint density at radius 3 is 2.37 bits per heavy atom. The Labute approximate surface area is 115 Å². The topological polar surface area (TPSA) is 49.7 Å². The van der Waals surface area contributed by atoms with Gasteiger partial charge in [0.1, 0.15) is 0 Å². The van der Waals surface area contributed by atoms with Crippen LogP contribution >= 0.6 is 0 Å². The second-order valence-corrected chi connectivity index (χ2v) is 6.87. The van der Waals surface area contributed by atoms with Crippen LogP contribution in [0.2, 0.25) is 0 Å². The van der Waals surface area contributed by atoms with Crippen LogP contribution in [0.25, 0.3) is 0 Å². The van der Waals surface area contributed by atoms with Gasteiger partial charge in [-0.25, -0.2) is 8.42 Å². The normalized spacial score (nSPS) is 14.6. The molecule has 0 unspecified atom stereocenters. The van der Waals surface area contributed by atoms with E-state index < -0.39 is 15.1 Å². The zero-order chi connectivity index (χ0) is 14.5. The van der Waals surface area contributed by atoms with E-state index in [1.54, 1.807) is 54.6 Å². The lowest BCUT2D eigenvalue weighted by Crippen LogP contribution is -2.16. The summed E-state index contributed by atoms with van der Waals surface area (Å²) in [5.41, 5.74) is 0.820. The maximum atomic E-state index is 12.3. The van der Waals surface area contributed by atoms with Crippen molar-refractivity contribution in [1.82, 2.24) is 5.01 Å². The Kier molecular flexibility index (Phi) is 5.30. The molecule has 0 spiro atoms. The smallest absolute Gasteiger partial charge is 0.184 e. The molecule has 5 heteroatoms. The lowest BCUT2D eigenvalue weighted by Gasteiger charge is -2.10. The van der Waals surface area contributed by atoms with E-state index in [0.29, 0.717) is 4.90 Å². The Balaban J connectivity index is 2.95. The van der Waals surface area contributed by atoms with E-state index in [4.69, 9.17) is 0 Å². The summed E-state index contributed by atoms with van der Waals surface area (Å²) in [5.74, 6) is 0. The second-order valence-electron chi connectivity index (χ2n) is 4.57. The summed E-state index contributed by atoms with van der Waals surface area (Å²) >= 11 is 0. The molecule has 0 aromatic heterocycles. The van der Waals surface area contributed by atoms with Gasteiger partial charge in [0.05, 0.1) is 10.1 Å². The fourth-order valence-corrected chi connectivity index (χ4v) is 2.89. The molecule has 0 saturated carbocycles. The Bertz CT molecular complexity index is 560. The van der Waals surface area contributed by atoms with E-state index in [1.807, 2.05) is 21.0 Å². The largest absolute Gasteiger partial charge is 0.303 e. The molecule has 0 aliphatic carbocycles. The van der Waals surface area contributed by atoms with Crippen molar-refractivity contribution < 1.29 is 8.42 Å². The third-order valence-corrected chi connectivity index (χ3v) is 4.60. The molecule has 0 aliphatic rings. The highest BCUT2D eigenvalue weighted by atomic mass is 32.2. The SMILES string of the molecule is CC(/C=N\N(C)C)=C\[C@H](C)S(=O)(=O)c1ccccc1. The van der Waals surface area contributed by atoms with Crippen LogP contribution in [0, 0.1) is 0 Å². The fourth-order valence-electron chi connectivity index (χ4n) is 1.53. The molecule has 1 aromatic rings. The van der Waals surface area contributed by atoms with Crippen LogP contribution in [-0.4, -0.2) is 39.0 Å². The first kappa shape index (κ1) is 15.4. The van der Waals surface area contributed by atoms with Crippen LogP contribution in [0.5, 0.6) is 0 Å². The van der Waals surface area contributed by atoms with E-state index in [2.05, 4.69) is 5.10 Å². The highest BCUT2D eigenvalue weighted by Crippen LogP contribution is 2.17. The quantitative estimate of drug-likeness (QED) is 0.614. The van der Waals surface area contributed by atoms with Gasteiger partial charge in [-0.3, -0.25) is 0 Å². The van der Waals surface area contributed by atoms with E-state index in [-0.39, 0.29) is 0 Å². The predicted molar refractivity (Wildman–Crippen MR) is 79.0 cm³/mol. The summed E-state index contributed by atoms with van der Waals surface area (Å²) < 4.78 is 24.6. The van der Waals surface area contributed by atoms with E-state index in [1.165, 1.54) is 0 Å². The lowest BCUT2D eigenvalue weighted by atomic mass is 10.3. The molecular weight excluding hydrogens is 260 g/mol. The Morgan fingerprint density at radius 1 is 1.26 bits per heavy atom. The zero-order valence-electron chi connectivity index (χ0n) is 11.7. The monoisotopic (exact) mass is 280 g/mol. The van der Waals surface area contributed by atoms with Gasteiger partial charge in [0, 0.05) is 20.3 Å². The summed E-state index contributed by atoms with van der Waals surface area (Å²) in [7, 11) is 0.303. The molecule has 0 bridgehead atoms. The minimum atomic E-state index is -3.32. The van der Waals surface area contributed by atoms with Gasteiger partial charge in [-0.15, -0.1) is 0 Å². The number of hydrazone groups is 1. The molecule has 0 aliphatic heterocycles. The summed E-state index contributed by atoms with van der Waals surface area (Å²) in [4.78, 5) is 0.344. The third kappa shape index (κ3) is 4.52. The highest BCUT2D eigenvalue weighted by molar-refractivity contribution is 7.92. The van der Waals surface area contributed by atoms with Crippen LogP contribution in [0.4, 0.5) is 0 Å². The minimum absolute atomic E-state index is 0.344. The van der Waals surface area contributed by atoms with Gasteiger partial charge in [0.25, 0.3) is 0 Å².